The molecule has 0 aliphatic heterocycles. The maximum Gasteiger partial charge on any atom is 0.123 e. The van der Waals surface area contributed by atoms with Gasteiger partial charge in [-0.1, -0.05) is 41.5 Å². The third-order valence-electron chi connectivity index (χ3n) is 3.13. The van der Waals surface area contributed by atoms with Crippen LogP contribution in [0.2, 0.25) is 0 Å². The Morgan fingerprint density at radius 3 is 2.37 bits per heavy atom. The first-order valence-corrected chi connectivity index (χ1v) is 6.31. The van der Waals surface area contributed by atoms with E-state index in [0.717, 1.165) is 11.1 Å². The fraction of sp³-hybridized carbons (Fsp3) is 0.235. The van der Waals surface area contributed by atoms with Crippen LogP contribution in [-0.4, -0.2) is 0 Å². The molecule has 96 valence electrons. The van der Waals surface area contributed by atoms with Crippen molar-refractivity contribution < 1.29 is 4.39 Å². The number of aryl methyl sites for hydroxylation is 2. The molecule has 2 heteroatoms. The van der Waals surface area contributed by atoms with Crippen molar-refractivity contribution in [2.75, 3.05) is 0 Å². The molecule has 1 atom stereocenters. The number of rotatable bonds is 3. The fourth-order valence-electron chi connectivity index (χ4n) is 2.38. The first-order valence-electron chi connectivity index (χ1n) is 6.31. The average Bonchev–Trinajstić information content (AvgIpc) is 2.34. The third kappa shape index (κ3) is 3.42. The molecule has 1 unspecified atom stereocenters. The summed E-state index contributed by atoms with van der Waals surface area (Å²) in [6.45, 7) is 4.08. The van der Waals surface area contributed by atoms with Crippen LogP contribution >= 0.6 is 0 Å². The van der Waals surface area contributed by atoms with Crippen molar-refractivity contribution in [3.63, 3.8) is 0 Å². The highest BCUT2D eigenvalue weighted by molar-refractivity contribution is 5.33. The van der Waals surface area contributed by atoms with Gasteiger partial charge < -0.3 is 0 Å². The predicted molar refractivity (Wildman–Crippen MR) is 74.4 cm³/mol. The molecular formula is C17H16FN. The Bertz CT molecular complexity index is 605. The second kappa shape index (κ2) is 5.67. The van der Waals surface area contributed by atoms with E-state index in [2.05, 4.69) is 24.3 Å². The standard InChI is InChI=1S/C17H16FN/c1-12-6-13(2)8-14(7-12)9-16(11-19)15-4-3-5-17(18)10-15/h3-8,10,16H,9H2,1-2H3. The number of halogens is 1. The first-order chi connectivity index (χ1) is 9.08. The SMILES string of the molecule is Cc1cc(C)cc(CC(C#N)c2cccc(F)c2)c1. The van der Waals surface area contributed by atoms with Gasteiger partial charge in [0.15, 0.2) is 0 Å². The van der Waals surface area contributed by atoms with Crippen LogP contribution in [0.5, 0.6) is 0 Å². The summed E-state index contributed by atoms with van der Waals surface area (Å²) in [5.41, 5.74) is 4.23. The van der Waals surface area contributed by atoms with Crippen LogP contribution in [0.3, 0.4) is 0 Å². The van der Waals surface area contributed by atoms with Crippen LogP contribution in [0.15, 0.2) is 42.5 Å². The molecule has 0 radical (unpaired) electrons. The number of benzene rings is 2. The molecule has 0 spiro atoms. The molecule has 0 heterocycles. The lowest BCUT2D eigenvalue weighted by atomic mass is 9.92. The molecule has 0 aliphatic carbocycles. The fourth-order valence-corrected chi connectivity index (χ4v) is 2.38. The maximum absolute atomic E-state index is 13.2. The minimum Gasteiger partial charge on any atom is -0.207 e. The van der Waals surface area contributed by atoms with Crippen molar-refractivity contribution in [3.8, 4) is 6.07 Å². The van der Waals surface area contributed by atoms with Gasteiger partial charge in [0.1, 0.15) is 5.82 Å². The molecule has 0 saturated heterocycles. The Labute approximate surface area is 113 Å². The summed E-state index contributed by atoms with van der Waals surface area (Å²) in [6.07, 6.45) is 0.614. The van der Waals surface area contributed by atoms with E-state index in [1.165, 1.54) is 23.3 Å². The third-order valence-corrected chi connectivity index (χ3v) is 3.13. The van der Waals surface area contributed by atoms with Gasteiger partial charge in [0.2, 0.25) is 0 Å². The largest absolute Gasteiger partial charge is 0.207 e. The van der Waals surface area contributed by atoms with Gasteiger partial charge in [-0.3, -0.25) is 0 Å². The summed E-state index contributed by atoms with van der Waals surface area (Å²) in [5.74, 6) is -0.602. The van der Waals surface area contributed by atoms with Crippen LogP contribution in [0.1, 0.15) is 28.2 Å². The molecule has 2 aromatic carbocycles. The van der Waals surface area contributed by atoms with Gasteiger partial charge in [-0.15, -0.1) is 0 Å². The molecule has 0 aliphatic rings. The van der Waals surface area contributed by atoms with Crippen LogP contribution in [0.4, 0.5) is 4.39 Å². The average molecular weight is 253 g/mol. The minimum atomic E-state index is -0.308. The van der Waals surface area contributed by atoms with E-state index < -0.39 is 0 Å². The highest BCUT2D eigenvalue weighted by Gasteiger charge is 2.12. The molecule has 0 aromatic heterocycles. The molecule has 19 heavy (non-hydrogen) atoms. The second-order valence-electron chi connectivity index (χ2n) is 4.94. The number of hydrogen-bond donors (Lipinski definition) is 0. The smallest absolute Gasteiger partial charge is 0.123 e. The summed E-state index contributed by atoms with van der Waals surface area (Å²) >= 11 is 0. The summed E-state index contributed by atoms with van der Waals surface area (Å²) in [6, 6.07) is 14.8. The van der Waals surface area contributed by atoms with Crippen molar-refractivity contribution >= 4 is 0 Å². The quantitative estimate of drug-likeness (QED) is 0.800. The molecule has 0 bridgehead atoms. The number of hydrogen-bond acceptors (Lipinski definition) is 1. The zero-order chi connectivity index (χ0) is 13.8. The highest BCUT2D eigenvalue weighted by atomic mass is 19.1. The maximum atomic E-state index is 13.2. The lowest BCUT2D eigenvalue weighted by Gasteiger charge is -2.11. The molecule has 0 amide bonds. The van der Waals surface area contributed by atoms with Gasteiger partial charge in [-0.05, 0) is 43.5 Å². The number of nitrogens with zero attached hydrogens (tertiary/aromatic N) is 1. The van der Waals surface area contributed by atoms with Crippen LogP contribution in [0.25, 0.3) is 0 Å². The zero-order valence-electron chi connectivity index (χ0n) is 11.2. The summed E-state index contributed by atoms with van der Waals surface area (Å²) < 4.78 is 13.2. The Morgan fingerprint density at radius 2 is 1.79 bits per heavy atom. The van der Waals surface area contributed by atoms with Crippen molar-refractivity contribution in [2.45, 2.75) is 26.2 Å². The van der Waals surface area contributed by atoms with E-state index >= 15 is 0 Å². The van der Waals surface area contributed by atoms with Crippen molar-refractivity contribution in [1.82, 2.24) is 0 Å². The van der Waals surface area contributed by atoms with Crippen molar-refractivity contribution in [1.29, 1.82) is 5.26 Å². The van der Waals surface area contributed by atoms with Gasteiger partial charge >= 0.3 is 0 Å². The molecule has 2 rings (SSSR count). The predicted octanol–water partition coefficient (Wildman–Crippen LogP) is 4.29. The van der Waals surface area contributed by atoms with Gasteiger partial charge in [0.25, 0.3) is 0 Å². The summed E-state index contributed by atoms with van der Waals surface area (Å²) in [7, 11) is 0. The van der Waals surface area contributed by atoms with E-state index in [1.54, 1.807) is 12.1 Å². The van der Waals surface area contributed by atoms with Gasteiger partial charge in [-0.2, -0.15) is 5.26 Å². The van der Waals surface area contributed by atoms with E-state index in [-0.39, 0.29) is 11.7 Å². The number of nitriles is 1. The summed E-state index contributed by atoms with van der Waals surface area (Å²) in [5, 5.41) is 9.30. The zero-order valence-corrected chi connectivity index (χ0v) is 11.2. The Balaban J connectivity index is 2.27. The van der Waals surface area contributed by atoms with E-state index in [0.29, 0.717) is 6.42 Å². The molecule has 0 fully saturated rings. The van der Waals surface area contributed by atoms with Crippen molar-refractivity contribution in [2.24, 2.45) is 0 Å². The van der Waals surface area contributed by atoms with Crippen LogP contribution in [-0.2, 0) is 6.42 Å². The molecule has 1 nitrogen and oxygen atoms in total. The minimum absolute atomic E-state index is 0.293. The highest BCUT2D eigenvalue weighted by Crippen LogP contribution is 2.22. The lowest BCUT2D eigenvalue weighted by Crippen LogP contribution is -2.01. The monoisotopic (exact) mass is 253 g/mol. The second-order valence-corrected chi connectivity index (χ2v) is 4.94. The van der Waals surface area contributed by atoms with E-state index in [9.17, 15) is 9.65 Å². The van der Waals surface area contributed by atoms with E-state index in [1.807, 2.05) is 13.8 Å². The Kier molecular flexibility index (Phi) is 3.97. The lowest BCUT2D eigenvalue weighted by molar-refractivity contribution is 0.623. The normalized spacial score (nSPS) is 11.9. The van der Waals surface area contributed by atoms with Crippen LogP contribution < -0.4 is 0 Å². The van der Waals surface area contributed by atoms with Gasteiger partial charge in [0.05, 0.1) is 12.0 Å². The molecule has 0 N–H and O–H groups in total. The molecule has 0 saturated carbocycles. The van der Waals surface area contributed by atoms with Gasteiger partial charge in [0, 0.05) is 0 Å². The van der Waals surface area contributed by atoms with Crippen molar-refractivity contribution in [3.05, 3.63) is 70.5 Å². The molecule has 2 aromatic rings. The Morgan fingerprint density at radius 1 is 1.11 bits per heavy atom. The summed E-state index contributed by atoms with van der Waals surface area (Å²) in [4.78, 5) is 0. The first kappa shape index (κ1) is 13.3. The van der Waals surface area contributed by atoms with Crippen LogP contribution in [0, 0.1) is 31.0 Å². The van der Waals surface area contributed by atoms with Gasteiger partial charge in [-0.25, -0.2) is 4.39 Å². The molecular weight excluding hydrogens is 237 g/mol. The topological polar surface area (TPSA) is 23.8 Å². The van der Waals surface area contributed by atoms with E-state index in [4.69, 9.17) is 0 Å². The Hall–Kier alpha value is -2.14.